The average Bonchev–Trinajstić information content (AvgIpc) is 2.36. The molecule has 2 aromatic carbocycles. The summed E-state index contributed by atoms with van der Waals surface area (Å²) >= 11 is 5.57. The fourth-order valence-electron chi connectivity index (χ4n) is 1.79. The Labute approximate surface area is 121 Å². The first-order chi connectivity index (χ1) is 9.45. The van der Waals surface area contributed by atoms with Crippen LogP contribution >= 0.6 is 11.6 Å². The zero-order chi connectivity index (χ0) is 14.7. The van der Waals surface area contributed by atoms with Gasteiger partial charge in [-0.25, -0.2) is 8.78 Å². The monoisotopic (exact) mass is 297 g/mol. The molecule has 0 aliphatic rings. The standard InChI is InChI=1S/C15H14ClF2NO/c1-9(19)6-10-2-5-15(14(18)7-10)20-11-3-4-12(16)13(17)8-11/h2-5,7-9H,6,19H2,1H3. The summed E-state index contributed by atoms with van der Waals surface area (Å²) in [6, 6.07) is 8.48. The van der Waals surface area contributed by atoms with E-state index in [4.69, 9.17) is 22.1 Å². The van der Waals surface area contributed by atoms with Gasteiger partial charge < -0.3 is 10.5 Å². The first kappa shape index (κ1) is 14.8. The molecule has 2 nitrogen and oxygen atoms in total. The highest BCUT2D eigenvalue weighted by Crippen LogP contribution is 2.28. The van der Waals surface area contributed by atoms with Crippen molar-refractivity contribution >= 4 is 11.6 Å². The van der Waals surface area contributed by atoms with Crippen molar-refractivity contribution in [3.63, 3.8) is 0 Å². The van der Waals surface area contributed by atoms with Gasteiger partial charge in [0.15, 0.2) is 11.6 Å². The minimum Gasteiger partial charge on any atom is -0.454 e. The second-order valence-electron chi connectivity index (χ2n) is 4.62. The van der Waals surface area contributed by atoms with Gasteiger partial charge in [-0.2, -0.15) is 0 Å². The third-order valence-corrected chi connectivity index (χ3v) is 2.98. The molecule has 0 aliphatic heterocycles. The quantitative estimate of drug-likeness (QED) is 0.913. The Balaban J connectivity index is 2.19. The smallest absolute Gasteiger partial charge is 0.165 e. The number of hydrogen-bond acceptors (Lipinski definition) is 2. The van der Waals surface area contributed by atoms with Crippen molar-refractivity contribution in [1.29, 1.82) is 0 Å². The van der Waals surface area contributed by atoms with Crippen LogP contribution in [0.3, 0.4) is 0 Å². The number of ether oxygens (including phenoxy) is 1. The van der Waals surface area contributed by atoms with Gasteiger partial charge >= 0.3 is 0 Å². The fourth-order valence-corrected chi connectivity index (χ4v) is 1.91. The van der Waals surface area contributed by atoms with E-state index < -0.39 is 11.6 Å². The van der Waals surface area contributed by atoms with Gasteiger partial charge in [0.05, 0.1) is 5.02 Å². The van der Waals surface area contributed by atoms with Gasteiger partial charge in [-0.1, -0.05) is 17.7 Å². The Bertz CT molecular complexity index is 617. The average molecular weight is 298 g/mol. The van der Waals surface area contributed by atoms with Crippen LogP contribution in [0.15, 0.2) is 36.4 Å². The Morgan fingerprint density at radius 2 is 1.90 bits per heavy atom. The molecule has 0 saturated carbocycles. The van der Waals surface area contributed by atoms with Crippen LogP contribution in [-0.2, 0) is 6.42 Å². The van der Waals surface area contributed by atoms with Gasteiger partial charge in [-0.15, -0.1) is 0 Å². The Kier molecular flexibility index (Phi) is 4.57. The molecule has 2 aromatic rings. The van der Waals surface area contributed by atoms with Crippen molar-refractivity contribution < 1.29 is 13.5 Å². The van der Waals surface area contributed by atoms with Gasteiger partial charge in [-0.3, -0.25) is 0 Å². The second-order valence-corrected chi connectivity index (χ2v) is 5.03. The first-order valence-corrected chi connectivity index (χ1v) is 6.50. The van der Waals surface area contributed by atoms with Gasteiger partial charge in [0.2, 0.25) is 0 Å². The van der Waals surface area contributed by atoms with Crippen LogP contribution < -0.4 is 10.5 Å². The molecular weight excluding hydrogens is 284 g/mol. The Morgan fingerprint density at radius 1 is 1.15 bits per heavy atom. The van der Waals surface area contributed by atoms with E-state index in [-0.39, 0.29) is 22.6 Å². The predicted octanol–water partition coefficient (Wildman–Crippen LogP) is 4.30. The molecule has 1 atom stereocenters. The zero-order valence-electron chi connectivity index (χ0n) is 10.9. The lowest BCUT2D eigenvalue weighted by molar-refractivity contribution is 0.438. The first-order valence-electron chi connectivity index (χ1n) is 6.12. The lowest BCUT2D eigenvalue weighted by Gasteiger charge is -2.10. The summed E-state index contributed by atoms with van der Waals surface area (Å²) in [5, 5.41) is -0.00916. The molecule has 0 saturated heterocycles. The molecule has 1 unspecified atom stereocenters. The van der Waals surface area contributed by atoms with E-state index in [1.165, 1.54) is 24.3 Å². The second kappa shape index (κ2) is 6.20. The number of rotatable bonds is 4. The predicted molar refractivity (Wildman–Crippen MR) is 75.2 cm³/mol. The van der Waals surface area contributed by atoms with E-state index in [9.17, 15) is 8.78 Å². The molecule has 2 N–H and O–H groups in total. The van der Waals surface area contributed by atoms with E-state index in [1.54, 1.807) is 6.07 Å². The molecule has 0 heterocycles. The lowest BCUT2D eigenvalue weighted by atomic mass is 10.1. The molecule has 0 fully saturated rings. The third-order valence-electron chi connectivity index (χ3n) is 2.67. The zero-order valence-corrected chi connectivity index (χ0v) is 11.6. The molecule has 20 heavy (non-hydrogen) atoms. The van der Waals surface area contributed by atoms with Crippen molar-refractivity contribution in [2.24, 2.45) is 5.73 Å². The number of halogens is 3. The van der Waals surface area contributed by atoms with Gasteiger partial charge in [0, 0.05) is 12.1 Å². The van der Waals surface area contributed by atoms with E-state index in [0.717, 1.165) is 11.6 Å². The molecule has 2 rings (SSSR count). The van der Waals surface area contributed by atoms with Crippen LogP contribution in [0.2, 0.25) is 5.02 Å². The summed E-state index contributed by atoms with van der Waals surface area (Å²) in [6.07, 6.45) is 0.576. The molecule has 0 aliphatic carbocycles. The summed E-state index contributed by atoms with van der Waals surface area (Å²) in [4.78, 5) is 0. The summed E-state index contributed by atoms with van der Waals surface area (Å²) in [7, 11) is 0. The normalized spacial score (nSPS) is 12.2. The molecule has 106 valence electrons. The maximum absolute atomic E-state index is 13.9. The maximum Gasteiger partial charge on any atom is 0.165 e. The largest absolute Gasteiger partial charge is 0.454 e. The molecule has 0 amide bonds. The van der Waals surface area contributed by atoms with E-state index >= 15 is 0 Å². The molecule has 0 spiro atoms. The highest BCUT2D eigenvalue weighted by atomic mass is 35.5. The SMILES string of the molecule is CC(N)Cc1ccc(Oc2ccc(Cl)c(F)c2)c(F)c1. The Morgan fingerprint density at radius 3 is 2.50 bits per heavy atom. The minimum atomic E-state index is -0.613. The van der Waals surface area contributed by atoms with Crippen molar-refractivity contribution in [3.8, 4) is 11.5 Å². The van der Waals surface area contributed by atoms with Crippen LogP contribution in [0, 0.1) is 11.6 Å². The summed E-state index contributed by atoms with van der Waals surface area (Å²) in [5.74, 6) is -0.914. The minimum absolute atomic E-state index is 0.00916. The van der Waals surface area contributed by atoms with Crippen LogP contribution in [0.5, 0.6) is 11.5 Å². The van der Waals surface area contributed by atoms with E-state index in [0.29, 0.717) is 6.42 Å². The third kappa shape index (κ3) is 3.68. The number of nitrogens with two attached hydrogens (primary N) is 1. The van der Waals surface area contributed by atoms with Gasteiger partial charge in [0.1, 0.15) is 11.6 Å². The molecular formula is C15H14ClF2NO. The summed E-state index contributed by atoms with van der Waals surface area (Å²) in [5.41, 5.74) is 6.44. The molecule has 0 aromatic heterocycles. The van der Waals surface area contributed by atoms with E-state index in [1.807, 2.05) is 6.92 Å². The van der Waals surface area contributed by atoms with Crippen molar-refractivity contribution in [2.75, 3.05) is 0 Å². The lowest BCUT2D eigenvalue weighted by Crippen LogP contribution is -2.17. The van der Waals surface area contributed by atoms with Crippen molar-refractivity contribution in [1.82, 2.24) is 0 Å². The summed E-state index contributed by atoms with van der Waals surface area (Å²) < 4.78 is 32.5. The number of benzene rings is 2. The van der Waals surface area contributed by atoms with Crippen LogP contribution in [-0.4, -0.2) is 6.04 Å². The van der Waals surface area contributed by atoms with Crippen LogP contribution in [0.1, 0.15) is 12.5 Å². The maximum atomic E-state index is 13.9. The highest BCUT2D eigenvalue weighted by molar-refractivity contribution is 6.30. The van der Waals surface area contributed by atoms with Gasteiger partial charge in [0.25, 0.3) is 0 Å². The fraction of sp³-hybridized carbons (Fsp3) is 0.200. The topological polar surface area (TPSA) is 35.2 Å². The number of hydrogen-bond donors (Lipinski definition) is 1. The molecule has 0 radical (unpaired) electrons. The Hall–Kier alpha value is -1.65. The van der Waals surface area contributed by atoms with Crippen molar-refractivity contribution in [2.45, 2.75) is 19.4 Å². The van der Waals surface area contributed by atoms with Crippen LogP contribution in [0.4, 0.5) is 8.78 Å². The molecule has 5 heteroatoms. The van der Waals surface area contributed by atoms with Crippen molar-refractivity contribution in [3.05, 3.63) is 58.6 Å². The summed E-state index contributed by atoms with van der Waals surface area (Å²) in [6.45, 7) is 1.85. The van der Waals surface area contributed by atoms with E-state index in [2.05, 4.69) is 0 Å². The molecule has 0 bridgehead atoms. The van der Waals surface area contributed by atoms with Crippen LogP contribution in [0.25, 0.3) is 0 Å². The van der Waals surface area contributed by atoms with Gasteiger partial charge in [-0.05, 0) is 43.2 Å². The highest BCUT2D eigenvalue weighted by Gasteiger charge is 2.09.